The van der Waals surface area contributed by atoms with Crippen molar-refractivity contribution in [3.8, 4) is 0 Å². The Morgan fingerprint density at radius 2 is 1.78 bits per heavy atom. The molecule has 1 N–H and O–H groups in total. The molecule has 1 heterocycles. The molecule has 3 rings (SSSR count). The second-order valence-corrected chi connectivity index (χ2v) is 6.04. The molecule has 6 heteroatoms. The fraction of sp³-hybridized carbons (Fsp3) is 0.176. The number of benzene rings is 2. The number of hydrogen-bond acceptors (Lipinski definition) is 2. The number of nitrogens with one attached hydrogen (secondary N) is 1. The average molecular weight is 348 g/mol. The van der Waals surface area contributed by atoms with Crippen molar-refractivity contribution in [2.45, 2.75) is 20.0 Å². The minimum Gasteiger partial charge on any atom is -0.312 e. The van der Waals surface area contributed by atoms with Crippen LogP contribution < -0.4 is 11.2 Å². The van der Waals surface area contributed by atoms with Crippen molar-refractivity contribution in [1.82, 2.24) is 9.13 Å². The topological polar surface area (TPSA) is 50.8 Å². The van der Waals surface area contributed by atoms with Gasteiger partial charge < -0.3 is 4.57 Å². The van der Waals surface area contributed by atoms with Crippen LogP contribution in [0.15, 0.2) is 47.3 Å². The summed E-state index contributed by atoms with van der Waals surface area (Å²) in [6.45, 7) is 2.85. The molecule has 0 bridgehead atoms. The van der Waals surface area contributed by atoms with Gasteiger partial charge in [0.25, 0.3) is 5.56 Å². The van der Waals surface area contributed by atoms with E-state index in [9.17, 15) is 4.79 Å². The summed E-state index contributed by atoms with van der Waals surface area (Å²) in [5.41, 5.74) is 1.59. The number of halogens is 2. The van der Waals surface area contributed by atoms with E-state index in [1.165, 1.54) is 4.57 Å². The van der Waals surface area contributed by atoms with Crippen molar-refractivity contribution in [3.63, 3.8) is 0 Å². The zero-order chi connectivity index (χ0) is 16.6. The van der Waals surface area contributed by atoms with Crippen LogP contribution in [0.4, 0.5) is 0 Å². The lowest BCUT2D eigenvalue weighted by Gasteiger charge is -2.14. The lowest BCUT2D eigenvalue weighted by atomic mass is 10.2. The molecule has 0 saturated heterocycles. The van der Waals surface area contributed by atoms with E-state index in [1.54, 1.807) is 18.2 Å². The molecule has 2 aromatic carbocycles. The molecular weight excluding hydrogens is 333 g/mol. The van der Waals surface area contributed by atoms with Crippen LogP contribution in [-0.2, 0) is 13.1 Å². The highest BCUT2D eigenvalue weighted by Crippen LogP contribution is 2.22. The average Bonchev–Trinajstić information content (AvgIpc) is 2.55. The Hall–Kier alpha value is -2.04. The molecule has 1 aromatic heterocycles. The minimum atomic E-state index is -0.179. The Labute approximate surface area is 143 Å². The Morgan fingerprint density at radius 3 is 2.48 bits per heavy atom. The molecule has 0 unspecified atom stereocenters. The van der Waals surface area contributed by atoms with Crippen molar-refractivity contribution < 1.29 is 0 Å². The van der Waals surface area contributed by atoms with Gasteiger partial charge in [-0.15, -0.1) is 0 Å². The summed E-state index contributed by atoms with van der Waals surface area (Å²) in [5, 5.41) is 9.89. The molecular formula is C17H15Cl2N3O. The molecule has 0 aliphatic carbocycles. The third-order valence-electron chi connectivity index (χ3n) is 3.82. The molecule has 0 amide bonds. The first-order chi connectivity index (χ1) is 11.0. The van der Waals surface area contributed by atoms with Crippen molar-refractivity contribution in [3.05, 3.63) is 74.0 Å². The van der Waals surface area contributed by atoms with Crippen LogP contribution >= 0.6 is 23.2 Å². The second-order valence-electron chi connectivity index (χ2n) is 5.22. The van der Waals surface area contributed by atoms with Gasteiger partial charge in [-0.2, -0.15) is 0 Å². The molecule has 3 aromatic rings. The van der Waals surface area contributed by atoms with Crippen LogP contribution in [0.1, 0.15) is 12.5 Å². The number of fused-ring (bicyclic) bond motifs is 1. The Kier molecular flexibility index (Phi) is 4.28. The Balaban J connectivity index is 2.23. The standard InChI is InChI=1S/C17H15Cl2N3O/c1-2-21-15-6-4-3-5-12(15)16(23)22(17(21)20)10-11-7-8-13(18)14(19)9-11/h3-9,20H,2,10H2,1H3. The maximum Gasteiger partial charge on any atom is 0.263 e. The molecule has 0 saturated carbocycles. The zero-order valence-electron chi connectivity index (χ0n) is 12.5. The number of nitrogens with zero attached hydrogens (tertiary/aromatic N) is 2. The summed E-state index contributed by atoms with van der Waals surface area (Å²) in [5.74, 6) is 0. The highest BCUT2D eigenvalue weighted by Gasteiger charge is 2.10. The Bertz CT molecular complexity index is 1000. The molecule has 0 spiro atoms. The SMILES string of the molecule is CCn1c(=N)n(Cc2ccc(Cl)c(Cl)c2)c(=O)c2ccccc21. The number of aryl methyl sites for hydroxylation is 1. The molecule has 0 aliphatic rings. The predicted octanol–water partition coefficient (Wildman–Crippen LogP) is 3.66. The van der Waals surface area contributed by atoms with E-state index in [0.717, 1.165) is 11.1 Å². The van der Waals surface area contributed by atoms with Gasteiger partial charge >= 0.3 is 0 Å². The van der Waals surface area contributed by atoms with E-state index < -0.39 is 0 Å². The monoisotopic (exact) mass is 347 g/mol. The summed E-state index contributed by atoms with van der Waals surface area (Å²) in [4.78, 5) is 12.7. The molecule has 0 atom stereocenters. The second kappa shape index (κ2) is 6.22. The van der Waals surface area contributed by atoms with Gasteiger partial charge in [0.15, 0.2) is 0 Å². The van der Waals surface area contributed by atoms with Gasteiger partial charge in [0.2, 0.25) is 5.62 Å². The first-order valence-electron chi connectivity index (χ1n) is 7.24. The summed E-state index contributed by atoms with van der Waals surface area (Å²) in [6, 6.07) is 12.6. The van der Waals surface area contributed by atoms with Gasteiger partial charge in [-0.3, -0.25) is 14.8 Å². The Morgan fingerprint density at radius 1 is 1.04 bits per heavy atom. The fourth-order valence-corrected chi connectivity index (χ4v) is 3.00. The van der Waals surface area contributed by atoms with Crippen molar-refractivity contribution in [2.75, 3.05) is 0 Å². The molecule has 23 heavy (non-hydrogen) atoms. The van der Waals surface area contributed by atoms with Gasteiger partial charge in [0, 0.05) is 6.54 Å². The highest BCUT2D eigenvalue weighted by molar-refractivity contribution is 6.42. The lowest BCUT2D eigenvalue weighted by Crippen LogP contribution is -2.40. The van der Waals surface area contributed by atoms with E-state index in [4.69, 9.17) is 28.6 Å². The van der Waals surface area contributed by atoms with Gasteiger partial charge in [-0.1, -0.05) is 41.4 Å². The molecule has 0 radical (unpaired) electrons. The van der Waals surface area contributed by atoms with Gasteiger partial charge in [-0.25, -0.2) is 0 Å². The van der Waals surface area contributed by atoms with Crippen molar-refractivity contribution in [2.24, 2.45) is 0 Å². The van der Waals surface area contributed by atoms with Crippen LogP contribution in [0.2, 0.25) is 10.0 Å². The number of para-hydroxylation sites is 1. The van der Waals surface area contributed by atoms with E-state index >= 15 is 0 Å². The molecule has 0 aliphatic heterocycles. The van der Waals surface area contributed by atoms with Gasteiger partial charge in [0.1, 0.15) is 0 Å². The molecule has 4 nitrogen and oxygen atoms in total. The number of aromatic nitrogens is 2. The quantitative estimate of drug-likeness (QED) is 0.772. The zero-order valence-corrected chi connectivity index (χ0v) is 14.0. The molecule has 0 fully saturated rings. The van der Waals surface area contributed by atoms with E-state index in [0.29, 0.717) is 22.0 Å². The maximum atomic E-state index is 12.7. The van der Waals surface area contributed by atoms with Crippen LogP contribution in [-0.4, -0.2) is 9.13 Å². The van der Waals surface area contributed by atoms with Gasteiger partial charge in [-0.05, 0) is 36.8 Å². The number of rotatable bonds is 3. The largest absolute Gasteiger partial charge is 0.312 e. The van der Waals surface area contributed by atoms with Crippen molar-refractivity contribution >= 4 is 34.1 Å². The molecule has 118 valence electrons. The van der Waals surface area contributed by atoms with E-state index in [2.05, 4.69) is 0 Å². The third-order valence-corrected chi connectivity index (χ3v) is 4.56. The minimum absolute atomic E-state index is 0.169. The van der Waals surface area contributed by atoms with Crippen LogP contribution in [0.25, 0.3) is 10.9 Å². The number of hydrogen-bond donors (Lipinski definition) is 1. The van der Waals surface area contributed by atoms with Crippen molar-refractivity contribution in [1.29, 1.82) is 5.41 Å². The fourth-order valence-electron chi connectivity index (χ4n) is 2.68. The van der Waals surface area contributed by atoms with E-state index in [1.807, 2.05) is 35.8 Å². The first-order valence-corrected chi connectivity index (χ1v) is 7.99. The predicted molar refractivity (Wildman–Crippen MR) is 93.3 cm³/mol. The summed E-state index contributed by atoms with van der Waals surface area (Å²) in [7, 11) is 0. The van der Waals surface area contributed by atoms with E-state index in [-0.39, 0.29) is 17.7 Å². The third kappa shape index (κ3) is 2.80. The lowest BCUT2D eigenvalue weighted by molar-refractivity contribution is 0.593. The smallest absolute Gasteiger partial charge is 0.263 e. The van der Waals surface area contributed by atoms with Crippen LogP contribution in [0, 0.1) is 5.41 Å². The highest BCUT2D eigenvalue weighted by atomic mass is 35.5. The first kappa shape index (κ1) is 15.8. The van der Waals surface area contributed by atoms with Crippen LogP contribution in [0.3, 0.4) is 0 Å². The maximum absolute atomic E-state index is 12.7. The summed E-state index contributed by atoms with van der Waals surface area (Å²) in [6.07, 6.45) is 0. The normalized spacial score (nSPS) is 11.1. The van der Waals surface area contributed by atoms with Gasteiger partial charge in [0.05, 0.1) is 27.5 Å². The van der Waals surface area contributed by atoms with Crippen LogP contribution in [0.5, 0.6) is 0 Å². The summed E-state index contributed by atoms with van der Waals surface area (Å²) < 4.78 is 3.26. The summed E-state index contributed by atoms with van der Waals surface area (Å²) >= 11 is 12.0.